The third-order valence-corrected chi connectivity index (χ3v) is 5.44. The van der Waals surface area contributed by atoms with E-state index in [9.17, 15) is 9.18 Å². The molecule has 3 rings (SSSR count). The zero-order valence-electron chi connectivity index (χ0n) is 14.4. The summed E-state index contributed by atoms with van der Waals surface area (Å²) in [5.74, 6) is 0.499. The number of anilines is 2. The fraction of sp³-hybridized carbons (Fsp3) is 0.167. The van der Waals surface area contributed by atoms with Gasteiger partial charge in [0.05, 0.1) is 18.6 Å². The molecule has 9 heteroatoms. The fourth-order valence-electron chi connectivity index (χ4n) is 2.16. The second kappa shape index (κ2) is 9.33. The van der Waals surface area contributed by atoms with Crippen molar-refractivity contribution in [3.63, 3.8) is 0 Å². The van der Waals surface area contributed by atoms with Crippen LogP contribution >= 0.6 is 23.1 Å². The fourth-order valence-corrected chi connectivity index (χ4v) is 3.75. The van der Waals surface area contributed by atoms with Gasteiger partial charge in [0.1, 0.15) is 11.6 Å². The first-order valence-corrected chi connectivity index (χ1v) is 9.82. The van der Waals surface area contributed by atoms with Gasteiger partial charge in [0.25, 0.3) is 0 Å². The summed E-state index contributed by atoms with van der Waals surface area (Å²) in [6.07, 6.45) is 0. The average Bonchev–Trinajstić information content (AvgIpc) is 3.14. The van der Waals surface area contributed by atoms with Crippen molar-refractivity contribution in [3.05, 3.63) is 59.9 Å². The zero-order chi connectivity index (χ0) is 19.1. The van der Waals surface area contributed by atoms with Crippen molar-refractivity contribution < 1.29 is 13.9 Å². The van der Waals surface area contributed by atoms with Gasteiger partial charge in [0, 0.05) is 6.54 Å². The molecule has 0 aliphatic carbocycles. The Hall–Kier alpha value is -2.65. The van der Waals surface area contributed by atoms with E-state index >= 15 is 0 Å². The lowest BCUT2D eigenvalue weighted by atomic mass is 10.2. The molecule has 6 nitrogen and oxygen atoms in total. The van der Waals surface area contributed by atoms with Gasteiger partial charge in [-0.1, -0.05) is 47.4 Å². The third kappa shape index (κ3) is 5.66. The average molecular weight is 404 g/mol. The Kier molecular flexibility index (Phi) is 6.61. The SMILES string of the molecule is COc1cccc(CNC(=O)CSc2nnc(Nc3ccccc3F)s2)c1. The normalized spacial score (nSPS) is 10.4. The monoisotopic (exact) mass is 404 g/mol. The van der Waals surface area contributed by atoms with E-state index < -0.39 is 0 Å². The van der Waals surface area contributed by atoms with Gasteiger partial charge in [0.2, 0.25) is 11.0 Å². The van der Waals surface area contributed by atoms with Crippen LogP contribution in [0.2, 0.25) is 0 Å². The first-order chi connectivity index (χ1) is 13.1. The minimum Gasteiger partial charge on any atom is -0.497 e. The van der Waals surface area contributed by atoms with E-state index in [1.165, 1.54) is 29.2 Å². The molecule has 0 bridgehead atoms. The van der Waals surface area contributed by atoms with Crippen LogP contribution < -0.4 is 15.4 Å². The van der Waals surface area contributed by atoms with Gasteiger partial charge in [-0.2, -0.15) is 0 Å². The summed E-state index contributed by atoms with van der Waals surface area (Å²) >= 11 is 2.55. The maximum atomic E-state index is 13.6. The van der Waals surface area contributed by atoms with Crippen LogP contribution in [0.4, 0.5) is 15.2 Å². The number of carbonyl (C=O) groups excluding carboxylic acids is 1. The van der Waals surface area contributed by atoms with Crippen LogP contribution in [0.15, 0.2) is 52.9 Å². The van der Waals surface area contributed by atoms with Gasteiger partial charge in [-0.25, -0.2) is 4.39 Å². The summed E-state index contributed by atoms with van der Waals surface area (Å²) in [6.45, 7) is 0.423. The number of carbonyl (C=O) groups is 1. The van der Waals surface area contributed by atoms with Crippen molar-refractivity contribution in [2.45, 2.75) is 10.9 Å². The van der Waals surface area contributed by atoms with Crippen LogP contribution in [0.25, 0.3) is 0 Å². The van der Waals surface area contributed by atoms with E-state index in [1.807, 2.05) is 24.3 Å². The summed E-state index contributed by atoms with van der Waals surface area (Å²) < 4.78 is 19.4. The number of nitrogens with zero attached hydrogens (tertiary/aromatic N) is 2. The number of ether oxygens (including phenoxy) is 1. The lowest BCUT2D eigenvalue weighted by Gasteiger charge is -2.06. The molecule has 0 spiro atoms. The summed E-state index contributed by atoms with van der Waals surface area (Å²) in [4.78, 5) is 12.0. The smallest absolute Gasteiger partial charge is 0.230 e. The summed E-state index contributed by atoms with van der Waals surface area (Å²) in [6, 6.07) is 13.9. The second-order valence-corrected chi connectivity index (χ2v) is 7.59. The second-order valence-electron chi connectivity index (χ2n) is 5.39. The third-order valence-electron chi connectivity index (χ3n) is 3.47. The predicted octanol–water partition coefficient (Wildman–Crippen LogP) is 3.84. The topological polar surface area (TPSA) is 76.1 Å². The summed E-state index contributed by atoms with van der Waals surface area (Å²) in [5, 5.41) is 14.2. The number of nitrogens with one attached hydrogen (secondary N) is 2. The number of aromatic nitrogens is 2. The molecule has 3 aromatic rings. The summed E-state index contributed by atoms with van der Waals surface area (Å²) in [5.41, 5.74) is 1.29. The molecule has 140 valence electrons. The quantitative estimate of drug-likeness (QED) is 0.556. The molecular formula is C18H17FN4O2S2. The minimum absolute atomic E-state index is 0.110. The predicted molar refractivity (Wildman–Crippen MR) is 105 cm³/mol. The molecule has 0 atom stereocenters. The van der Waals surface area contributed by atoms with Gasteiger partial charge in [-0.15, -0.1) is 10.2 Å². The number of para-hydroxylation sites is 1. The maximum Gasteiger partial charge on any atom is 0.230 e. The van der Waals surface area contributed by atoms with E-state index in [1.54, 1.807) is 25.3 Å². The summed E-state index contributed by atoms with van der Waals surface area (Å²) in [7, 11) is 1.60. The molecule has 0 saturated heterocycles. The Morgan fingerprint density at radius 1 is 1.22 bits per heavy atom. The molecule has 1 amide bonds. The largest absolute Gasteiger partial charge is 0.497 e. The lowest BCUT2D eigenvalue weighted by Crippen LogP contribution is -2.24. The number of hydrogen-bond acceptors (Lipinski definition) is 7. The first kappa shape index (κ1) is 19.1. The van der Waals surface area contributed by atoms with E-state index in [2.05, 4.69) is 20.8 Å². The molecule has 27 heavy (non-hydrogen) atoms. The van der Waals surface area contributed by atoms with Crippen molar-refractivity contribution in [2.24, 2.45) is 0 Å². The Bertz CT molecular complexity index is 920. The number of halogens is 1. The Balaban J connectivity index is 1.46. The van der Waals surface area contributed by atoms with Crippen LogP contribution in [0, 0.1) is 5.82 Å². The zero-order valence-corrected chi connectivity index (χ0v) is 16.1. The van der Waals surface area contributed by atoms with E-state index in [0.717, 1.165) is 11.3 Å². The maximum absolute atomic E-state index is 13.6. The highest BCUT2D eigenvalue weighted by molar-refractivity contribution is 8.01. The molecule has 0 fully saturated rings. The molecule has 0 saturated carbocycles. The Morgan fingerprint density at radius 3 is 2.89 bits per heavy atom. The first-order valence-electron chi connectivity index (χ1n) is 8.01. The van der Waals surface area contributed by atoms with E-state index in [0.29, 0.717) is 21.7 Å². The molecule has 2 N–H and O–H groups in total. The lowest BCUT2D eigenvalue weighted by molar-refractivity contribution is -0.118. The van der Waals surface area contributed by atoms with E-state index in [-0.39, 0.29) is 17.5 Å². The minimum atomic E-state index is -0.362. The van der Waals surface area contributed by atoms with Gasteiger partial charge < -0.3 is 15.4 Å². The van der Waals surface area contributed by atoms with Crippen LogP contribution in [-0.4, -0.2) is 29.0 Å². The van der Waals surface area contributed by atoms with Gasteiger partial charge >= 0.3 is 0 Å². The van der Waals surface area contributed by atoms with Crippen molar-refractivity contribution in [2.75, 3.05) is 18.2 Å². The molecule has 0 unspecified atom stereocenters. The molecule has 2 aromatic carbocycles. The molecule has 0 aliphatic rings. The molecule has 1 aromatic heterocycles. The Morgan fingerprint density at radius 2 is 2.07 bits per heavy atom. The number of amides is 1. The van der Waals surface area contributed by atoms with Gasteiger partial charge in [-0.3, -0.25) is 4.79 Å². The van der Waals surface area contributed by atoms with Crippen LogP contribution in [-0.2, 0) is 11.3 Å². The van der Waals surface area contributed by atoms with E-state index in [4.69, 9.17) is 4.74 Å². The standard InChI is InChI=1S/C18H17FN4O2S2/c1-25-13-6-4-5-12(9-13)10-20-16(24)11-26-18-23-22-17(27-18)21-15-8-3-2-7-14(15)19/h2-9H,10-11H2,1H3,(H,20,24)(H,21,22). The molecular weight excluding hydrogens is 387 g/mol. The van der Waals surface area contributed by atoms with Crippen molar-refractivity contribution in [1.82, 2.24) is 15.5 Å². The number of benzene rings is 2. The van der Waals surface area contributed by atoms with Crippen molar-refractivity contribution in [1.29, 1.82) is 0 Å². The van der Waals surface area contributed by atoms with Crippen molar-refractivity contribution in [3.8, 4) is 5.75 Å². The van der Waals surface area contributed by atoms with Gasteiger partial charge in [0.15, 0.2) is 4.34 Å². The molecule has 0 radical (unpaired) electrons. The van der Waals surface area contributed by atoms with Crippen LogP contribution in [0.3, 0.4) is 0 Å². The van der Waals surface area contributed by atoms with Gasteiger partial charge in [-0.05, 0) is 29.8 Å². The molecule has 1 heterocycles. The number of rotatable bonds is 8. The van der Waals surface area contributed by atoms with Crippen LogP contribution in [0.1, 0.15) is 5.56 Å². The number of methoxy groups -OCH3 is 1. The highest BCUT2D eigenvalue weighted by Gasteiger charge is 2.10. The number of thioether (sulfide) groups is 1. The van der Waals surface area contributed by atoms with Crippen molar-refractivity contribution >= 4 is 39.8 Å². The Labute approximate surface area is 164 Å². The van der Waals surface area contributed by atoms with Crippen LogP contribution in [0.5, 0.6) is 5.75 Å². The molecule has 0 aliphatic heterocycles. The highest BCUT2D eigenvalue weighted by Crippen LogP contribution is 2.28. The number of hydrogen-bond donors (Lipinski definition) is 2. The highest BCUT2D eigenvalue weighted by atomic mass is 32.2.